The van der Waals surface area contributed by atoms with Gasteiger partial charge in [-0.05, 0) is 47.4 Å². The number of rotatable bonds is 6. The second kappa shape index (κ2) is 8.82. The molecule has 0 radical (unpaired) electrons. The van der Waals surface area contributed by atoms with Crippen LogP contribution in [0.4, 0.5) is 23.2 Å². The Morgan fingerprint density at radius 2 is 1.88 bits per heavy atom. The zero-order valence-corrected chi connectivity index (χ0v) is 21.7. The number of benzene rings is 2. The van der Waals surface area contributed by atoms with Gasteiger partial charge in [0.1, 0.15) is 6.33 Å². The Balaban J connectivity index is 1.21. The number of hydrogen-bond acceptors (Lipinski definition) is 6. The molecule has 12 heteroatoms. The SMILES string of the molecule is Cn1cnnc1[C@@H](F)C1(c2cccc(N3Cc4c(cc(CN5CCC56COC6)cc4C(F)(F)F)C3=O)c2)COC1. The molecule has 1 atom stereocenters. The molecular formula is C28H27F4N5O3. The maximum absolute atomic E-state index is 15.8. The van der Waals surface area contributed by atoms with Gasteiger partial charge in [0, 0.05) is 31.4 Å². The summed E-state index contributed by atoms with van der Waals surface area (Å²) in [5.41, 5.74) is -0.475. The number of hydrogen-bond donors (Lipinski definition) is 0. The van der Waals surface area contributed by atoms with E-state index in [1.807, 2.05) is 0 Å². The lowest BCUT2D eigenvalue weighted by Crippen LogP contribution is -2.70. The van der Waals surface area contributed by atoms with Crippen LogP contribution >= 0.6 is 0 Å². The van der Waals surface area contributed by atoms with Crippen molar-refractivity contribution in [1.29, 1.82) is 0 Å². The molecule has 40 heavy (non-hydrogen) atoms. The van der Waals surface area contributed by atoms with Gasteiger partial charge in [-0.2, -0.15) is 13.2 Å². The molecule has 2 aromatic carbocycles. The standard InChI is InChI=1S/C28H27F4N5O3/c1-35-16-33-34-24(35)23(29)27(14-40-15-27)18-3-2-4-19(9-18)37-11-21-20(25(37)38)7-17(8-22(21)28(30,31)32)10-36-6-5-26(36)12-39-13-26/h2-4,7-9,16,23H,5-6,10-15H2,1H3/t23-/m1/s1. The zero-order valence-electron chi connectivity index (χ0n) is 21.7. The van der Waals surface area contributed by atoms with Crippen molar-refractivity contribution in [2.24, 2.45) is 7.05 Å². The van der Waals surface area contributed by atoms with E-state index < -0.39 is 29.2 Å². The van der Waals surface area contributed by atoms with Crippen LogP contribution in [0.2, 0.25) is 0 Å². The number of carbonyl (C=O) groups is 1. The van der Waals surface area contributed by atoms with Crippen LogP contribution in [0, 0.1) is 0 Å². The molecule has 4 aliphatic heterocycles. The van der Waals surface area contributed by atoms with Gasteiger partial charge in [-0.3, -0.25) is 9.69 Å². The second-order valence-electron chi connectivity index (χ2n) is 11.3. The van der Waals surface area contributed by atoms with Gasteiger partial charge in [0.25, 0.3) is 5.91 Å². The van der Waals surface area contributed by atoms with E-state index in [1.54, 1.807) is 37.4 Å². The molecule has 7 rings (SSSR count). The van der Waals surface area contributed by atoms with E-state index in [1.165, 1.54) is 21.9 Å². The summed E-state index contributed by atoms with van der Waals surface area (Å²) in [6.07, 6.45) is -3.77. The van der Waals surface area contributed by atoms with Crippen molar-refractivity contribution in [3.8, 4) is 0 Å². The van der Waals surface area contributed by atoms with E-state index in [2.05, 4.69) is 15.1 Å². The number of aryl methyl sites for hydroxylation is 1. The maximum atomic E-state index is 15.8. The van der Waals surface area contributed by atoms with Crippen LogP contribution in [0.25, 0.3) is 0 Å². The van der Waals surface area contributed by atoms with Crippen LogP contribution in [0.3, 0.4) is 0 Å². The van der Waals surface area contributed by atoms with Crippen molar-refractivity contribution < 1.29 is 31.8 Å². The van der Waals surface area contributed by atoms with Crippen molar-refractivity contribution in [3.63, 3.8) is 0 Å². The lowest BCUT2D eigenvalue weighted by atomic mass is 9.74. The summed E-state index contributed by atoms with van der Waals surface area (Å²) in [6, 6.07) is 9.52. The molecule has 0 N–H and O–H groups in total. The number of nitrogens with zero attached hydrogens (tertiary/aromatic N) is 5. The van der Waals surface area contributed by atoms with Crippen molar-refractivity contribution in [3.05, 3.63) is 76.4 Å². The van der Waals surface area contributed by atoms with Gasteiger partial charge >= 0.3 is 6.18 Å². The highest BCUT2D eigenvalue weighted by Gasteiger charge is 2.52. The van der Waals surface area contributed by atoms with Gasteiger partial charge in [0.05, 0.1) is 49.5 Å². The number of alkyl halides is 4. The molecule has 5 heterocycles. The first-order valence-corrected chi connectivity index (χ1v) is 13.2. The minimum atomic E-state index is -4.62. The third-order valence-corrected chi connectivity index (χ3v) is 8.95. The summed E-state index contributed by atoms with van der Waals surface area (Å²) < 4.78 is 70.8. The fourth-order valence-electron chi connectivity index (χ4n) is 6.27. The normalized spacial score (nSPS) is 22.0. The summed E-state index contributed by atoms with van der Waals surface area (Å²) in [4.78, 5) is 17.1. The number of amides is 1. The largest absolute Gasteiger partial charge is 0.416 e. The van der Waals surface area contributed by atoms with Crippen LogP contribution < -0.4 is 4.90 Å². The molecule has 0 unspecified atom stereocenters. The van der Waals surface area contributed by atoms with Gasteiger partial charge < -0.3 is 18.9 Å². The number of anilines is 1. The second-order valence-corrected chi connectivity index (χ2v) is 11.3. The molecule has 1 spiro atoms. The van der Waals surface area contributed by atoms with Crippen molar-refractivity contribution in [2.45, 2.75) is 42.8 Å². The Morgan fingerprint density at radius 1 is 1.10 bits per heavy atom. The zero-order chi connectivity index (χ0) is 27.9. The average molecular weight is 558 g/mol. The van der Waals surface area contributed by atoms with Gasteiger partial charge in [-0.1, -0.05) is 12.1 Å². The molecular weight excluding hydrogens is 530 g/mol. The summed E-state index contributed by atoms with van der Waals surface area (Å²) >= 11 is 0. The predicted octanol–water partition coefficient (Wildman–Crippen LogP) is 3.95. The number of fused-ring (bicyclic) bond motifs is 1. The van der Waals surface area contributed by atoms with Gasteiger partial charge in [-0.15, -0.1) is 10.2 Å². The molecule has 210 valence electrons. The van der Waals surface area contributed by atoms with E-state index in [9.17, 15) is 18.0 Å². The minimum Gasteiger partial charge on any atom is -0.379 e. The number of aromatic nitrogens is 3. The first-order chi connectivity index (χ1) is 19.1. The summed E-state index contributed by atoms with van der Waals surface area (Å²) in [5, 5.41) is 7.70. The van der Waals surface area contributed by atoms with E-state index >= 15 is 4.39 Å². The predicted molar refractivity (Wildman–Crippen MR) is 134 cm³/mol. The van der Waals surface area contributed by atoms with Crippen molar-refractivity contribution >= 4 is 11.6 Å². The van der Waals surface area contributed by atoms with Crippen molar-refractivity contribution in [2.75, 3.05) is 37.9 Å². The molecule has 0 aliphatic carbocycles. The molecule has 0 bridgehead atoms. The highest BCUT2D eigenvalue weighted by molar-refractivity contribution is 6.10. The van der Waals surface area contributed by atoms with E-state index in [0.29, 0.717) is 36.6 Å². The number of ether oxygens (including phenoxy) is 2. The van der Waals surface area contributed by atoms with Crippen LogP contribution in [0.15, 0.2) is 42.7 Å². The molecule has 4 aliphatic rings. The maximum Gasteiger partial charge on any atom is 0.416 e. The Bertz CT molecular complexity index is 1490. The molecule has 1 aromatic heterocycles. The van der Waals surface area contributed by atoms with Gasteiger partial charge in [-0.25, -0.2) is 4.39 Å². The summed E-state index contributed by atoms with van der Waals surface area (Å²) in [7, 11) is 1.65. The number of likely N-dealkylation sites (tertiary alicyclic amines) is 1. The fourth-order valence-corrected chi connectivity index (χ4v) is 6.27. The topological polar surface area (TPSA) is 72.7 Å². The highest BCUT2D eigenvalue weighted by atomic mass is 19.4. The molecule has 3 saturated heterocycles. The molecule has 1 amide bonds. The van der Waals surface area contributed by atoms with Crippen LogP contribution in [-0.4, -0.2) is 64.1 Å². The Hall–Kier alpha value is -3.35. The third-order valence-electron chi connectivity index (χ3n) is 8.95. The first-order valence-electron chi connectivity index (χ1n) is 13.2. The van der Waals surface area contributed by atoms with Crippen molar-refractivity contribution in [1.82, 2.24) is 19.7 Å². The monoisotopic (exact) mass is 557 g/mol. The minimum absolute atomic E-state index is 0.0407. The Labute approximate surface area is 227 Å². The van der Waals surface area contributed by atoms with E-state index in [-0.39, 0.29) is 42.2 Å². The highest BCUT2D eigenvalue weighted by Crippen LogP contribution is 2.47. The number of carbonyl (C=O) groups excluding carboxylic acids is 1. The molecule has 0 saturated carbocycles. The first kappa shape index (κ1) is 25.6. The van der Waals surface area contributed by atoms with E-state index in [0.717, 1.165) is 13.0 Å². The fraction of sp³-hybridized carbons (Fsp3) is 0.464. The Kier molecular flexibility index (Phi) is 5.65. The molecule has 3 aromatic rings. The van der Waals surface area contributed by atoms with Gasteiger partial charge in [0.2, 0.25) is 0 Å². The van der Waals surface area contributed by atoms with Gasteiger partial charge in [0.15, 0.2) is 12.0 Å². The quantitative estimate of drug-likeness (QED) is 0.428. The van der Waals surface area contributed by atoms with E-state index in [4.69, 9.17) is 9.47 Å². The number of halogens is 4. The van der Waals surface area contributed by atoms with Crippen LogP contribution in [-0.2, 0) is 41.2 Å². The molecule has 8 nitrogen and oxygen atoms in total. The average Bonchev–Trinajstić information content (AvgIpc) is 3.42. The third kappa shape index (κ3) is 3.72. The van der Waals surface area contributed by atoms with Crippen LogP contribution in [0.1, 0.15) is 51.0 Å². The smallest absolute Gasteiger partial charge is 0.379 e. The summed E-state index contributed by atoms with van der Waals surface area (Å²) in [6.45, 7) is 2.24. The lowest BCUT2D eigenvalue weighted by molar-refractivity contribution is -0.195. The summed E-state index contributed by atoms with van der Waals surface area (Å²) in [5.74, 6) is -0.355. The lowest BCUT2D eigenvalue weighted by Gasteiger charge is -2.57. The van der Waals surface area contributed by atoms with Crippen LogP contribution in [0.5, 0.6) is 0 Å². The Morgan fingerprint density at radius 3 is 2.45 bits per heavy atom. The molecule has 3 fully saturated rings.